The molecule has 124 valence electrons. The van der Waals surface area contributed by atoms with Crippen LogP contribution in [-0.2, 0) is 11.2 Å². The molecule has 2 heterocycles. The number of benzene rings is 1. The number of hydrogen-bond donors (Lipinski definition) is 0. The van der Waals surface area contributed by atoms with Crippen LogP contribution in [0.3, 0.4) is 0 Å². The van der Waals surface area contributed by atoms with Crippen LogP contribution in [0.1, 0.15) is 43.4 Å². The van der Waals surface area contributed by atoms with Crippen LogP contribution >= 0.6 is 11.6 Å². The molecular formula is C21H22ClNO. The van der Waals surface area contributed by atoms with Gasteiger partial charge >= 0.3 is 0 Å². The molecule has 1 aliphatic heterocycles. The average molecular weight is 340 g/mol. The molecule has 3 heteroatoms. The molecule has 1 aromatic carbocycles. The van der Waals surface area contributed by atoms with E-state index in [-0.39, 0.29) is 0 Å². The van der Waals surface area contributed by atoms with E-state index in [9.17, 15) is 0 Å². The van der Waals surface area contributed by atoms with Crippen molar-refractivity contribution >= 4 is 11.6 Å². The fourth-order valence-corrected chi connectivity index (χ4v) is 4.32. The molecule has 0 fully saturated rings. The Bertz CT molecular complexity index is 843. The maximum atomic E-state index is 6.36. The van der Waals surface area contributed by atoms with E-state index in [1.54, 1.807) is 7.11 Å². The monoisotopic (exact) mass is 339 g/mol. The Hall–Kier alpha value is -1.93. The summed E-state index contributed by atoms with van der Waals surface area (Å²) in [5, 5.41) is 0.797. The van der Waals surface area contributed by atoms with Crippen molar-refractivity contribution in [2.45, 2.75) is 38.5 Å². The van der Waals surface area contributed by atoms with E-state index in [4.69, 9.17) is 16.3 Å². The van der Waals surface area contributed by atoms with Crippen molar-refractivity contribution in [1.82, 2.24) is 4.57 Å². The second-order valence-corrected chi connectivity index (χ2v) is 7.11. The van der Waals surface area contributed by atoms with Gasteiger partial charge in [-0.05, 0) is 79.6 Å². The van der Waals surface area contributed by atoms with Gasteiger partial charge in [0, 0.05) is 28.5 Å². The van der Waals surface area contributed by atoms with E-state index in [1.807, 2.05) is 6.07 Å². The number of rotatable bonds is 2. The molecule has 1 aromatic heterocycles. The zero-order valence-electron chi connectivity index (χ0n) is 14.2. The smallest absolute Gasteiger partial charge is 0.121 e. The van der Waals surface area contributed by atoms with Crippen molar-refractivity contribution < 1.29 is 4.74 Å². The normalized spacial score (nSPS) is 20.1. The van der Waals surface area contributed by atoms with Gasteiger partial charge in [0.2, 0.25) is 0 Å². The van der Waals surface area contributed by atoms with Gasteiger partial charge in [0.1, 0.15) is 5.76 Å². The molecule has 4 rings (SSSR count). The topological polar surface area (TPSA) is 14.2 Å². The highest BCUT2D eigenvalue weighted by Gasteiger charge is 2.29. The second kappa shape index (κ2) is 6.18. The Morgan fingerprint density at radius 3 is 2.92 bits per heavy atom. The molecule has 0 radical (unpaired) electrons. The molecule has 1 unspecified atom stereocenters. The number of aryl methyl sites for hydroxylation is 1. The summed E-state index contributed by atoms with van der Waals surface area (Å²) in [6, 6.07) is 10.6. The number of halogens is 1. The van der Waals surface area contributed by atoms with Crippen molar-refractivity contribution in [3.05, 3.63) is 75.8 Å². The highest BCUT2D eigenvalue weighted by Crippen LogP contribution is 2.43. The van der Waals surface area contributed by atoms with Crippen molar-refractivity contribution in [2.75, 3.05) is 7.11 Å². The summed E-state index contributed by atoms with van der Waals surface area (Å²) in [5.74, 6) is 1.40. The molecule has 1 aliphatic carbocycles. The van der Waals surface area contributed by atoms with E-state index in [2.05, 4.69) is 48.0 Å². The van der Waals surface area contributed by atoms with Crippen molar-refractivity contribution in [2.24, 2.45) is 0 Å². The Kier molecular flexibility index (Phi) is 4.01. The Labute approximate surface area is 148 Å². The van der Waals surface area contributed by atoms with Gasteiger partial charge in [0.15, 0.2) is 0 Å². The maximum absolute atomic E-state index is 6.36. The SMILES string of the molecule is COC1=C(C)CCC=C1C1CCc2cccn2-c2ccc(Cl)cc21. The fraction of sp³-hybridized carbons (Fsp3) is 0.333. The third-order valence-corrected chi connectivity index (χ3v) is 5.49. The van der Waals surface area contributed by atoms with Crippen LogP contribution in [0, 0.1) is 0 Å². The van der Waals surface area contributed by atoms with Crippen molar-refractivity contribution in [3.8, 4) is 5.69 Å². The first-order valence-corrected chi connectivity index (χ1v) is 8.97. The number of aromatic nitrogens is 1. The zero-order valence-corrected chi connectivity index (χ0v) is 14.9. The van der Waals surface area contributed by atoms with Gasteiger partial charge < -0.3 is 9.30 Å². The van der Waals surface area contributed by atoms with Crippen molar-refractivity contribution in [3.63, 3.8) is 0 Å². The highest BCUT2D eigenvalue weighted by molar-refractivity contribution is 6.30. The Morgan fingerprint density at radius 2 is 2.08 bits per heavy atom. The van der Waals surface area contributed by atoms with Gasteiger partial charge in [0.25, 0.3) is 0 Å². The van der Waals surface area contributed by atoms with Gasteiger partial charge in [-0.2, -0.15) is 0 Å². The van der Waals surface area contributed by atoms with Gasteiger partial charge in [-0.15, -0.1) is 0 Å². The van der Waals surface area contributed by atoms with Gasteiger partial charge in [-0.1, -0.05) is 17.7 Å². The molecule has 0 N–H and O–H groups in total. The van der Waals surface area contributed by atoms with E-state index < -0.39 is 0 Å². The molecule has 0 bridgehead atoms. The van der Waals surface area contributed by atoms with E-state index in [0.29, 0.717) is 5.92 Å². The first-order chi connectivity index (χ1) is 11.7. The number of allylic oxidation sites excluding steroid dienone is 3. The predicted molar refractivity (Wildman–Crippen MR) is 98.9 cm³/mol. The van der Waals surface area contributed by atoms with Crippen LogP contribution in [0.5, 0.6) is 0 Å². The number of nitrogens with zero attached hydrogens (tertiary/aromatic N) is 1. The van der Waals surface area contributed by atoms with Crippen LogP contribution in [0.25, 0.3) is 5.69 Å². The van der Waals surface area contributed by atoms with E-state index in [0.717, 1.165) is 36.5 Å². The molecule has 2 nitrogen and oxygen atoms in total. The minimum Gasteiger partial charge on any atom is -0.497 e. The standard InChI is InChI=1S/C21H22ClNO/c1-14-5-3-7-18(21(14)24-2)17-10-9-16-6-4-12-23(16)20-11-8-15(22)13-19(17)20/h4,6-8,11-13,17H,3,5,9-10H2,1-2H3. The highest BCUT2D eigenvalue weighted by atomic mass is 35.5. The summed E-state index contributed by atoms with van der Waals surface area (Å²) in [5.41, 5.74) is 6.57. The molecule has 1 atom stereocenters. The second-order valence-electron chi connectivity index (χ2n) is 6.68. The van der Waals surface area contributed by atoms with Crippen LogP contribution in [0.15, 0.2) is 59.5 Å². The maximum Gasteiger partial charge on any atom is 0.121 e. The Morgan fingerprint density at radius 1 is 1.21 bits per heavy atom. The largest absolute Gasteiger partial charge is 0.497 e. The molecule has 24 heavy (non-hydrogen) atoms. The van der Waals surface area contributed by atoms with E-state index >= 15 is 0 Å². The van der Waals surface area contributed by atoms with Crippen LogP contribution in [-0.4, -0.2) is 11.7 Å². The lowest BCUT2D eigenvalue weighted by molar-refractivity contribution is 0.287. The molecule has 0 saturated carbocycles. The third kappa shape index (κ3) is 2.50. The van der Waals surface area contributed by atoms with Crippen LogP contribution in [0.4, 0.5) is 0 Å². The lowest BCUT2D eigenvalue weighted by Crippen LogP contribution is -2.12. The minimum absolute atomic E-state index is 0.323. The molecule has 2 aliphatic rings. The summed E-state index contributed by atoms with van der Waals surface area (Å²) in [6.45, 7) is 2.19. The summed E-state index contributed by atoms with van der Waals surface area (Å²) in [7, 11) is 1.79. The summed E-state index contributed by atoms with van der Waals surface area (Å²) >= 11 is 6.36. The predicted octanol–water partition coefficient (Wildman–Crippen LogP) is 5.80. The fourth-order valence-electron chi connectivity index (χ4n) is 4.14. The van der Waals surface area contributed by atoms with Gasteiger partial charge in [-0.3, -0.25) is 0 Å². The first-order valence-electron chi connectivity index (χ1n) is 8.59. The van der Waals surface area contributed by atoms with Crippen LogP contribution in [0.2, 0.25) is 5.02 Å². The minimum atomic E-state index is 0.323. The number of methoxy groups -OCH3 is 1. The first kappa shape index (κ1) is 15.6. The average Bonchev–Trinajstić information content (AvgIpc) is 2.98. The lowest BCUT2D eigenvalue weighted by Gasteiger charge is -2.27. The van der Waals surface area contributed by atoms with Crippen LogP contribution < -0.4 is 0 Å². The van der Waals surface area contributed by atoms with Gasteiger partial charge in [0.05, 0.1) is 7.11 Å². The molecular weight excluding hydrogens is 318 g/mol. The lowest BCUT2D eigenvalue weighted by atomic mass is 9.81. The zero-order chi connectivity index (χ0) is 16.7. The molecule has 0 amide bonds. The Balaban J connectivity index is 1.88. The third-order valence-electron chi connectivity index (χ3n) is 5.26. The van der Waals surface area contributed by atoms with E-state index in [1.165, 1.54) is 28.1 Å². The summed E-state index contributed by atoms with van der Waals surface area (Å²) in [6.07, 6.45) is 8.81. The molecule has 0 spiro atoms. The van der Waals surface area contributed by atoms with Gasteiger partial charge in [-0.25, -0.2) is 0 Å². The number of hydrogen-bond acceptors (Lipinski definition) is 1. The summed E-state index contributed by atoms with van der Waals surface area (Å²) in [4.78, 5) is 0. The molecule has 2 aromatic rings. The quantitative estimate of drug-likeness (QED) is 0.674. The number of ether oxygens (including phenoxy) is 1. The number of fused-ring (bicyclic) bond motifs is 3. The molecule has 0 saturated heterocycles. The van der Waals surface area contributed by atoms with Crippen molar-refractivity contribution in [1.29, 1.82) is 0 Å². The summed E-state index contributed by atoms with van der Waals surface area (Å²) < 4.78 is 8.09.